The van der Waals surface area contributed by atoms with Gasteiger partial charge in [-0.15, -0.1) is 0 Å². The van der Waals surface area contributed by atoms with Crippen LogP contribution >= 0.6 is 0 Å². The second-order valence-electron chi connectivity index (χ2n) is 2.98. The van der Waals surface area contributed by atoms with Gasteiger partial charge in [0.25, 0.3) is 0 Å². The fraction of sp³-hybridized carbons (Fsp3) is 1.00. The van der Waals surface area contributed by atoms with Crippen molar-refractivity contribution in [2.24, 2.45) is 0 Å². The van der Waals surface area contributed by atoms with Crippen molar-refractivity contribution in [1.82, 2.24) is 4.31 Å². The molecule has 0 saturated carbocycles. The van der Waals surface area contributed by atoms with Crippen molar-refractivity contribution < 1.29 is 8.76 Å². The standard InChI is InChI=1S/C8H19NO2S/c1-4-6-7-9(12(10)11)8(3)5-2/h8H,4-7H2,1-3H3,(H,10,11). The molecule has 0 rings (SSSR count). The summed E-state index contributed by atoms with van der Waals surface area (Å²) in [7, 11) is 0. The van der Waals surface area contributed by atoms with Gasteiger partial charge in [-0.1, -0.05) is 20.3 Å². The quantitative estimate of drug-likeness (QED) is 0.656. The van der Waals surface area contributed by atoms with Crippen LogP contribution in [0.25, 0.3) is 0 Å². The van der Waals surface area contributed by atoms with Gasteiger partial charge >= 0.3 is 0 Å². The molecule has 0 bridgehead atoms. The largest absolute Gasteiger partial charge is 0.294 e. The van der Waals surface area contributed by atoms with Crippen LogP contribution in [0.5, 0.6) is 0 Å². The minimum absolute atomic E-state index is 0.197. The Morgan fingerprint density at radius 1 is 1.50 bits per heavy atom. The van der Waals surface area contributed by atoms with Gasteiger partial charge in [-0.3, -0.25) is 4.55 Å². The molecule has 74 valence electrons. The zero-order valence-corrected chi connectivity index (χ0v) is 8.93. The van der Waals surface area contributed by atoms with Gasteiger partial charge in [0, 0.05) is 12.6 Å². The summed E-state index contributed by atoms with van der Waals surface area (Å²) in [4.78, 5) is 0. The van der Waals surface area contributed by atoms with Crippen molar-refractivity contribution in [2.75, 3.05) is 6.54 Å². The summed E-state index contributed by atoms with van der Waals surface area (Å²) in [5, 5.41) is 0. The first-order chi connectivity index (χ1) is 5.63. The monoisotopic (exact) mass is 193 g/mol. The van der Waals surface area contributed by atoms with Crippen molar-refractivity contribution >= 4 is 11.3 Å². The SMILES string of the molecule is CCCCN(C(C)CC)S(=O)O. The topological polar surface area (TPSA) is 40.5 Å². The second-order valence-corrected chi connectivity index (χ2v) is 3.91. The van der Waals surface area contributed by atoms with Crippen LogP contribution in [0.1, 0.15) is 40.0 Å². The molecule has 0 spiro atoms. The van der Waals surface area contributed by atoms with Crippen LogP contribution in [0, 0.1) is 0 Å². The van der Waals surface area contributed by atoms with Crippen LogP contribution in [-0.4, -0.2) is 25.7 Å². The van der Waals surface area contributed by atoms with Crippen LogP contribution < -0.4 is 0 Å². The summed E-state index contributed by atoms with van der Waals surface area (Å²) in [6.45, 7) is 6.80. The normalized spacial score (nSPS) is 16.4. The van der Waals surface area contributed by atoms with Crippen molar-refractivity contribution in [1.29, 1.82) is 0 Å². The zero-order chi connectivity index (χ0) is 9.56. The van der Waals surface area contributed by atoms with Gasteiger partial charge < -0.3 is 0 Å². The Morgan fingerprint density at radius 2 is 2.08 bits per heavy atom. The summed E-state index contributed by atoms with van der Waals surface area (Å²) < 4.78 is 21.4. The van der Waals surface area contributed by atoms with E-state index in [1.54, 1.807) is 4.31 Å². The van der Waals surface area contributed by atoms with Gasteiger partial charge in [-0.05, 0) is 19.8 Å². The van der Waals surface area contributed by atoms with Gasteiger partial charge in [-0.2, -0.15) is 4.31 Å². The molecular weight excluding hydrogens is 174 g/mol. The maximum atomic E-state index is 10.8. The summed E-state index contributed by atoms with van der Waals surface area (Å²) in [6.07, 6.45) is 2.96. The lowest BCUT2D eigenvalue weighted by Gasteiger charge is -2.23. The summed E-state index contributed by atoms with van der Waals surface area (Å²) in [5.41, 5.74) is 0. The van der Waals surface area contributed by atoms with Crippen LogP contribution in [0.2, 0.25) is 0 Å². The molecule has 0 aromatic rings. The molecule has 0 aliphatic heterocycles. The van der Waals surface area contributed by atoms with E-state index in [-0.39, 0.29) is 6.04 Å². The van der Waals surface area contributed by atoms with E-state index in [1.807, 2.05) is 13.8 Å². The lowest BCUT2D eigenvalue weighted by Crippen LogP contribution is -2.34. The van der Waals surface area contributed by atoms with Crippen molar-refractivity contribution in [3.8, 4) is 0 Å². The molecule has 0 heterocycles. The summed E-state index contributed by atoms with van der Waals surface area (Å²) in [5.74, 6) is 0. The average molecular weight is 193 g/mol. The van der Waals surface area contributed by atoms with E-state index in [1.165, 1.54) is 0 Å². The molecule has 0 aliphatic carbocycles. The van der Waals surface area contributed by atoms with Crippen molar-refractivity contribution in [2.45, 2.75) is 46.1 Å². The minimum atomic E-state index is -1.80. The zero-order valence-electron chi connectivity index (χ0n) is 8.12. The first-order valence-electron chi connectivity index (χ1n) is 4.51. The number of nitrogens with zero attached hydrogens (tertiary/aromatic N) is 1. The lowest BCUT2D eigenvalue weighted by molar-refractivity contribution is 0.316. The average Bonchev–Trinajstić information content (AvgIpc) is 2.04. The summed E-state index contributed by atoms with van der Waals surface area (Å²) in [6, 6.07) is 0.197. The van der Waals surface area contributed by atoms with Gasteiger partial charge in [0.1, 0.15) is 0 Å². The molecule has 0 radical (unpaired) electrons. The highest BCUT2D eigenvalue weighted by molar-refractivity contribution is 7.76. The van der Waals surface area contributed by atoms with Crippen LogP contribution in [0.4, 0.5) is 0 Å². The van der Waals surface area contributed by atoms with Gasteiger partial charge in [0.15, 0.2) is 0 Å². The highest BCUT2D eigenvalue weighted by Gasteiger charge is 2.15. The lowest BCUT2D eigenvalue weighted by atomic mass is 10.2. The molecular formula is C8H19NO2S. The molecule has 0 aliphatic rings. The van der Waals surface area contributed by atoms with Crippen LogP contribution in [0.3, 0.4) is 0 Å². The molecule has 1 N–H and O–H groups in total. The second kappa shape index (κ2) is 6.57. The predicted molar refractivity (Wildman–Crippen MR) is 52.1 cm³/mol. The first kappa shape index (κ1) is 12.1. The highest BCUT2D eigenvalue weighted by atomic mass is 32.2. The Hall–Kier alpha value is 0.0700. The van der Waals surface area contributed by atoms with E-state index >= 15 is 0 Å². The Balaban J connectivity index is 3.94. The molecule has 3 nitrogen and oxygen atoms in total. The summed E-state index contributed by atoms with van der Waals surface area (Å²) >= 11 is -1.80. The molecule has 12 heavy (non-hydrogen) atoms. The Morgan fingerprint density at radius 3 is 2.42 bits per heavy atom. The maximum Gasteiger partial charge on any atom is 0.234 e. The Labute approximate surface area is 77.6 Å². The molecule has 2 atom stereocenters. The molecule has 0 fully saturated rings. The third-order valence-corrected chi connectivity index (χ3v) is 2.96. The fourth-order valence-electron chi connectivity index (χ4n) is 0.970. The number of rotatable bonds is 6. The van der Waals surface area contributed by atoms with Crippen LogP contribution in [-0.2, 0) is 11.3 Å². The molecule has 0 amide bonds. The third-order valence-electron chi connectivity index (χ3n) is 2.02. The van der Waals surface area contributed by atoms with E-state index in [2.05, 4.69) is 6.92 Å². The fourth-order valence-corrected chi connectivity index (χ4v) is 1.71. The Bertz CT molecular complexity index is 141. The van der Waals surface area contributed by atoms with E-state index in [9.17, 15) is 4.21 Å². The predicted octanol–water partition coefficient (Wildman–Crippen LogP) is 2.02. The number of hydrogen-bond acceptors (Lipinski definition) is 1. The molecule has 0 aromatic heterocycles. The van der Waals surface area contributed by atoms with E-state index in [0.29, 0.717) is 6.54 Å². The van der Waals surface area contributed by atoms with E-state index in [0.717, 1.165) is 19.3 Å². The maximum absolute atomic E-state index is 10.8. The van der Waals surface area contributed by atoms with Crippen LogP contribution in [0.15, 0.2) is 0 Å². The molecule has 0 saturated heterocycles. The van der Waals surface area contributed by atoms with E-state index in [4.69, 9.17) is 4.55 Å². The third kappa shape index (κ3) is 4.18. The number of unbranched alkanes of at least 4 members (excludes halogenated alkanes) is 1. The van der Waals surface area contributed by atoms with Crippen molar-refractivity contribution in [3.63, 3.8) is 0 Å². The highest BCUT2D eigenvalue weighted by Crippen LogP contribution is 2.07. The van der Waals surface area contributed by atoms with Gasteiger partial charge in [-0.25, -0.2) is 4.21 Å². The smallest absolute Gasteiger partial charge is 0.234 e. The van der Waals surface area contributed by atoms with Gasteiger partial charge in [0.05, 0.1) is 0 Å². The first-order valence-corrected chi connectivity index (χ1v) is 5.57. The molecule has 2 unspecified atom stereocenters. The number of hydrogen-bond donors (Lipinski definition) is 1. The van der Waals surface area contributed by atoms with E-state index < -0.39 is 11.3 Å². The van der Waals surface area contributed by atoms with Gasteiger partial charge in [0.2, 0.25) is 11.3 Å². The Kier molecular flexibility index (Phi) is 6.61. The molecule has 0 aromatic carbocycles. The molecule has 4 heteroatoms. The minimum Gasteiger partial charge on any atom is -0.294 e. The van der Waals surface area contributed by atoms with Crippen molar-refractivity contribution in [3.05, 3.63) is 0 Å².